The van der Waals surface area contributed by atoms with Gasteiger partial charge in [0.2, 0.25) is 0 Å². The average molecular weight is 290 g/mol. The zero-order valence-electron chi connectivity index (χ0n) is 15.0. The Balaban J connectivity index is 3.68. The molecule has 0 aliphatic carbocycles. The van der Waals surface area contributed by atoms with E-state index in [2.05, 4.69) is 41.5 Å². The van der Waals surface area contributed by atoms with Gasteiger partial charge >= 0.3 is 0 Å². The lowest BCUT2D eigenvalue weighted by Gasteiger charge is -2.29. The molecule has 0 aliphatic heterocycles. The molecule has 0 aliphatic rings. The number of benzene rings is 1. The number of Topliss-reactive ketones (excluding diaryl/α,β-unsaturated/α-hetero) is 1. The van der Waals surface area contributed by atoms with Gasteiger partial charge in [-0.05, 0) is 23.0 Å². The Morgan fingerprint density at radius 2 is 1.14 bits per heavy atom. The second kappa shape index (κ2) is 5.15. The van der Waals surface area contributed by atoms with Crippen LogP contribution in [0.1, 0.15) is 83.8 Å². The highest BCUT2D eigenvalue weighted by atomic mass is 16.3. The monoisotopic (exact) mass is 290 g/mol. The number of carbonyl (C=O) groups excluding carboxylic acids is 1. The molecule has 0 amide bonds. The van der Waals surface area contributed by atoms with E-state index in [4.69, 9.17) is 0 Å². The summed E-state index contributed by atoms with van der Waals surface area (Å²) in [5, 5.41) is 10.7. The van der Waals surface area contributed by atoms with Gasteiger partial charge in [0.25, 0.3) is 0 Å². The molecule has 118 valence electrons. The van der Waals surface area contributed by atoms with E-state index < -0.39 is 5.41 Å². The van der Waals surface area contributed by atoms with E-state index in [1.54, 1.807) is 0 Å². The Morgan fingerprint density at radius 1 is 0.810 bits per heavy atom. The van der Waals surface area contributed by atoms with E-state index in [1.807, 2.05) is 32.9 Å². The van der Waals surface area contributed by atoms with Gasteiger partial charge in [0.05, 0.1) is 0 Å². The van der Waals surface area contributed by atoms with E-state index in [1.165, 1.54) is 0 Å². The minimum atomic E-state index is -0.429. The maximum absolute atomic E-state index is 12.7. The van der Waals surface area contributed by atoms with Crippen LogP contribution in [0.25, 0.3) is 0 Å². The molecule has 0 unspecified atom stereocenters. The molecule has 2 heteroatoms. The minimum Gasteiger partial charge on any atom is -0.507 e. The zero-order chi connectivity index (χ0) is 16.8. The van der Waals surface area contributed by atoms with Gasteiger partial charge in [0.15, 0.2) is 5.78 Å². The molecule has 0 heterocycles. The topological polar surface area (TPSA) is 37.3 Å². The molecule has 0 fully saturated rings. The average Bonchev–Trinajstić information content (AvgIpc) is 2.23. The van der Waals surface area contributed by atoms with Crippen molar-refractivity contribution in [3.05, 3.63) is 28.8 Å². The van der Waals surface area contributed by atoms with Crippen LogP contribution in [-0.4, -0.2) is 10.9 Å². The van der Waals surface area contributed by atoms with Crippen LogP contribution in [0.15, 0.2) is 12.1 Å². The van der Waals surface area contributed by atoms with Crippen molar-refractivity contribution < 1.29 is 9.90 Å². The third kappa shape index (κ3) is 3.87. The van der Waals surface area contributed by atoms with Crippen LogP contribution in [0.2, 0.25) is 0 Å². The lowest BCUT2D eigenvalue weighted by Crippen LogP contribution is -2.23. The predicted octanol–water partition coefficient (Wildman–Crippen LogP) is 5.22. The first-order valence-corrected chi connectivity index (χ1v) is 7.58. The van der Waals surface area contributed by atoms with Crippen molar-refractivity contribution in [2.75, 3.05) is 0 Å². The molecule has 1 aromatic rings. The molecule has 0 spiro atoms. The number of rotatable bonds is 1. The second-order valence-corrected chi connectivity index (χ2v) is 9.00. The molecular formula is C19H30O2. The van der Waals surface area contributed by atoms with Gasteiger partial charge in [0, 0.05) is 22.1 Å². The Bertz CT molecular complexity index is 511. The molecule has 0 radical (unpaired) electrons. The van der Waals surface area contributed by atoms with Crippen LogP contribution in [0, 0.1) is 5.41 Å². The van der Waals surface area contributed by atoms with Crippen molar-refractivity contribution in [3.63, 3.8) is 0 Å². The quantitative estimate of drug-likeness (QED) is 0.720. The summed E-state index contributed by atoms with van der Waals surface area (Å²) < 4.78 is 0. The first kappa shape index (κ1) is 17.7. The molecule has 1 rings (SSSR count). The Morgan fingerprint density at radius 3 is 1.38 bits per heavy atom. The molecular weight excluding hydrogens is 260 g/mol. The van der Waals surface area contributed by atoms with Crippen LogP contribution in [0.3, 0.4) is 0 Å². The van der Waals surface area contributed by atoms with Crippen LogP contribution in [0.4, 0.5) is 0 Å². The molecule has 0 saturated carbocycles. The number of ketones is 1. The van der Waals surface area contributed by atoms with Crippen LogP contribution in [-0.2, 0) is 10.8 Å². The standard InChI is InChI=1S/C19H30O2/c1-17(2,3)13-10-12(16(21)19(7,8)9)11-14(15(13)20)18(4,5)6/h10-11,20H,1-9H3. The van der Waals surface area contributed by atoms with E-state index in [-0.39, 0.29) is 16.6 Å². The lowest BCUT2D eigenvalue weighted by atomic mass is 9.76. The van der Waals surface area contributed by atoms with E-state index >= 15 is 0 Å². The van der Waals surface area contributed by atoms with Crippen LogP contribution < -0.4 is 0 Å². The highest BCUT2D eigenvalue weighted by Crippen LogP contribution is 2.40. The summed E-state index contributed by atoms with van der Waals surface area (Å²) in [5.41, 5.74) is 1.51. The summed E-state index contributed by atoms with van der Waals surface area (Å²) in [6.07, 6.45) is 0. The van der Waals surface area contributed by atoms with Gasteiger partial charge in [-0.15, -0.1) is 0 Å². The summed E-state index contributed by atoms with van der Waals surface area (Å²) >= 11 is 0. The molecule has 2 nitrogen and oxygen atoms in total. The zero-order valence-corrected chi connectivity index (χ0v) is 15.0. The van der Waals surface area contributed by atoms with Gasteiger partial charge in [-0.25, -0.2) is 0 Å². The Labute approximate surface area is 129 Å². The third-order valence-electron chi connectivity index (χ3n) is 3.67. The SMILES string of the molecule is CC(C)(C)C(=O)c1cc(C(C)(C)C)c(O)c(C(C)(C)C)c1. The number of aromatic hydroxyl groups is 1. The van der Waals surface area contributed by atoms with Crippen molar-refractivity contribution in [2.45, 2.75) is 73.1 Å². The van der Waals surface area contributed by atoms with Crippen molar-refractivity contribution >= 4 is 5.78 Å². The Hall–Kier alpha value is -1.31. The third-order valence-corrected chi connectivity index (χ3v) is 3.67. The molecule has 0 atom stereocenters. The van der Waals surface area contributed by atoms with Crippen LogP contribution >= 0.6 is 0 Å². The summed E-state index contributed by atoms with van der Waals surface area (Å²) in [4.78, 5) is 12.7. The highest BCUT2D eigenvalue weighted by Gasteiger charge is 2.30. The predicted molar refractivity (Wildman–Crippen MR) is 89.3 cm³/mol. The maximum atomic E-state index is 12.7. The smallest absolute Gasteiger partial charge is 0.168 e. The largest absolute Gasteiger partial charge is 0.507 e. The highest BCUT2D eigenvalue weighted by molar-refractivity contribution is 6.00. The molecule has 21 heavy (non-hydrogen) atoms. The number of hydrogen-bond acceptors (Lipinski definition) is 2. The fourth-order valence-electron chi connectivity index (χ4n) is 2.34. The summed E-state index contributed by atoms with van der Waals surface area (Å²) in [6, 6.07) is 3.72. The van der Waals surface area contributed by atoms with Gasteiger partial charge < -0.3 is 5.11 Å². The molecule has 0 saturated heterocycles. The summed E-state index contributed by atoms with van der Waals surface area (Å²) in [5.74, 6) is 0.430. The molecule has 0 bridgehead atoms. The first-order chi connectivity index (χ1) is 9.15. The fourth-order valence-corrected chi connectivity index (χ4v) is 2.34. The number of carbonyl (C=O) groups is 1. The van der Waals surface area contributed by atoms with Gasteiger partial charge in [-0.1, -0.05) is 62.3 Å². The van der Waals surface area contributed by atoms with Crippen molar-refractivity contribution in [3.8, 4) is 5.75 Å². The van der Waals surface area contributed by atoms with Crippen molar-refractivity contribution in [2.24, 2.45) is 5.41 Å². The normalized spacial score (nSPS) is 13.4. The van der Waals surface area contributed by atoms with Gasteiger partial charge in [-0.2, -0.15) is 0 Å². The number of phenols is 1. The summed E-state index contributed by atoms with van der Waals surface area (Å²) in [7, 11) is 0. The van der Waals surface area contributed by atoms with Crippen LogP contribution in [0.5, 0.6) is 5.75 Å². The van der Waals surface area contributed by atoms with Crippen molar-refractivity contribution in [1.82, 2.24) is 0 Å². The van der Waals surface area contributed by atoms with Gasteiger partial charge in [0.1, 0.15) is 5.75 Å². The first-order valence-electron chi connectivity index (χ1n) is 7.58. The summed E-state index contributed by atoms with van der Waals surface area (Å²) in [6.45, 7) is 18.1. The maximum Gasteiger partial charge on any atom is 0.168 e. The number of hydrogen-bond donors (Lipinski definition) is 1. The minimum absolute atomic E-state index is 0.110. The Kier molecular flexibility index (Phi) is 4.35. The second-order valence-electron chi connectivity index (χ2n) is 9.00. The fraction of sp³-hybridized carbons (Fsp3) is 0.632. The van der Waals surface area contributed by atoms with Gasteiger partial charge in [-0.3, -0.25) is 4.79 Å². The van der Waals surface area contributed by atoms with E-state index in [0.717, 1.165) is 11.1 Å². The van der Waals surface area contributed by atoms with Crippen molar-refractivity contribution in [1.29, 1.82) is 0 Å². The lowest BCUT2D eigenvalue weighted by molar-refractivity contribution is 0.0858. The molecule has 1 aromatic carbocycles. The van der Waals surface area contributed by atoms with E-state index in [0.29, 0.717) is 11.3 Å². The molecule has 0 aromatic heterocycles. The number of phenolic OH excluding ortho intramolecular Hbond substituents is 1. The van der Waals surface area contributed by atoms with E-state index in [9.17, 15) is 9.90 Å². The molecule has 1 N–H and O–H groups in total.